The number of amides is 1. The van der Waals surface area contributed by atoms with Gasteiger partial charge in [-0.15, -0.1) is 11.8 Å². The van der Waals surface area contributed by atoms with Crippen molar-refractivity contribution in [1.82, 2.24) is 0 Å². The zero-order chi connectivity index (χ0) is 16.8. The molecule has 0 radical (unpaired) electrons. The van der Waals surface area contributed by atoms with Gasteiger partial charge in [-0.2, -0.15) is 0 Å². The minimum Gasteiger partial charge on any atom is -0.496 e. The van der Waals surface area contributed by atoms with Gasteiger partial charge in [0.2, 0.25) is 0 Å². The van der Waals surface area contributed by atoms with Crippen molar-refractivity contribution in [1.29, 1.82) is 0 Å². The summed E-state index contributed by atoms with van der Waals surface area (Å²) in [5.41, 5.74) is 0.658. The van der Waals surface area contributed by atoms with Gasteiger partial charge in [0.05, 0.1) is 18.2 Å². The predicted octanol–water partition coefficient (Wildman–Crippen LogP) is 4.70. The highest BCUT2D eigenvalue weighted by molar-refractivity contribution is 8.04. The van der Waals surface area contributed by atoms with Crippen LogP contribution in [0.5, 0.6) is 5.75 Å². The van der Waals surface area contributed by atoms with E-state index in [-0.39, 0.29) is 5.91 Å². The molecule has 0 fully saturated rings. The third-order valence-electron chi connectivity index (χ3n) is 3.32. The molecule has 1 aromatic rings. The Hall–Kier alpha value is -1.33. The van der Waals surface area contributed by atoms with Gasteiger partial charge < -0.3 is 14.8 Å². The van der Waals surface area contributed by atoms with Gasteiger partial charge >= 0.3 is 0 Å². The maximum atomic E-state index is 12.3. The van der Waals surface area contributed by atoms with Crippen molar-refractivity contribution >= 4 is 35.0 Å². The van der Waals surface area contributed by atoms with E-state index in [9.17, 15) is 4.79 Å². The highest BCUT2D eigenvalue weighted by Crippen LogP contribution is 2.30. The van der Waals surface area contributed by atoms with Crippen molar-refractivity contribution in [3.8, 4) is 5.75 Å². The fraction of sp³-hybridized carbons (Fsp3) is 0.471. The summed E-state index contributed by atoms with van der Waals surface area (Å²) in [6.07, 6.45) is 0.951. The molecule has 6 heteroatoms. The number of benzene rings is 1. The largest absolute Gasteiger partial charge is 0.496 e. The molecule has 126 valence electrons. The smallest absolute Gasteiger partial charge is 0.265 e. The number of hydrogen-bond donors (Lipinski definition) is 1. The molecule has 1 aromatic carbocycles. The Kier molecular flexibility index (Phi) is 6.66. The Labute approximate surface area is 146 Å². The number of thioether (sulfide) groups is 1. The molecule has 0 bridgehead atoms. The molecule has 0 unspecified atom stereocenters. The number of hydrogen-bond acceptors (Lipinski definition) is 4. The Bertz CT molecular complexity index is 602. The zero-order valence-electron chi connectivity index (χ0n) is 13.6. The molecule has 2 rings (SSSR count). The lowest BCUT2D eigenvalue weighted by molar-refractivity contribution is -0.112. The number of nitrogens with one attached hydrogen (secondary N) is 1. The number of rotatable bonds is 6. The fourth-order valence-corrected chi connectivity index (χ4v) is 3.00. The summed E-state index contributed by atoms with van der Waals surface area (Å²) in [5.74, 6) is 2.44. The highest BCUT2D eigenvalue weighted by Gasteiger charge is 2.19. The van der Waals surface area contributed by atoms with E-state index in [1.807, 2.05) is 6.92 Å². The van der Waals surface area contributed by atoms with E-state index in [2.05, 4.69) is 19.2 Å². The van der Waals surface area contributed by atoms with Gasteiger partial charge in [0.25, 0.3) is 5.91 Å². The van der Waals surface area contributed by atoms with Gasteiger partial charge in [-0.05, 0) is 31.4 Å². The number of carbonyl (C=O) groups is 1. The Morgan fingerprint density at radius 1 is 1.48 bits per heavy atom. The van der Waals surface area contributed by atoms with Gasteiger partial charge in [0.15, 0.2) is 0 Å². The topological polar surface area (TPSA) is 47.6 Å². The van der Waals surface area contributed by atoms with Crippen molar-refractivity contribution in [3.05, 3.63) is 33.9 Å². The number of halogens is 1. The molecule has 1 amide bonds. The Balaban J connectivity index is 2.04. The van der Waals surface area contributed by atoms with Crippen LogP contribution in [0.2, 0.25) is 5.02 Å². The first-order valence-corrected chi connectivity index (χ1v) is 9.04. The van der Waals surface area contributed by atoms with Crippen molar-refractivity contribution in [3.63, 3.8) is 0 Å². The predicted molar refractivity (Wildman–Crippen MR) is 96.1 cm³/mol. The van der Waals surface area contributed by atoms with Gasteiger partial charge in [0.1, 0.15) is 16.4 Å². The van der Waals surface area contributed by atoms with Crippen LogP contribution in [0.25, 0.3) is 0 Å². The third kappa shape index (κ3) is 5.36. The Morgan fingerprint density at radius 3 is 2.96 bits per heavy atom. The SMILES string of the molecule is CC1=C(C(=O)Nc2ccc(Cl)c(OCCC(C)C)c2)SCCO1. The number of carbonyl (C=O) groups excluding carboxylic acids is 1. The maximum Gasteiger partial charge on any atom is 0.265 e. The van der Waals surface area contributed by atoms with E-state index in [4.69, 9.17) is 21.1 Å². The third-order valence-corrected chi connectivity index (χ3v) is 4.76. The molecule has 1 aliphatic heterocycles. The molecule has 0 saturated carbocycles. The van der Waals surface area contributed by atoms with Crippen LogP contribution in [-0.2, 0) is 9.53 Å². The van der Waals surface area contributed by atoms with Crippen LogP contribution in [0.3, 0.4) is 0 Å². The monoisotopic (exact) mass is 355 g/mol. The minimum absolute atomic E-state index is 0.164. The lowest BCUT2D eigenvalue weighted by Crippen LogP contribution is -2.18. The van der Waals surface area contributed by atoms with Crippen LogP contribution < -0.4 is 10.1 Å². The normalized spacial score (nSPS) is 14.7. The first-order valence-electron chi connectivity index (χ1n) is 7.67. The summed E-state index contributed by atoms with van der Waals surface area (Å²) in [7, 11) is 0. The van der Waals surface area contributed by atoms with Crippen LogP contribution in [-0.4, -0.2) is 24.9 Å². The Morgan fingerprint density at radius 2 is 2.26 bits per heavy atom. The molecule has 1 aliphatic rings. The second kappa shape index (κ2) is 8.50. The average molecular weight is 356 g/mol. The van der Waals surface area contributed by atoms with E-state index in [1.165, 1.54) is 11.8 Å². The van der Waals surface area contributed by atoms with E-state index < -0.39 is 0 Å². The number of anilines is 1. The minimum atomic E-state index is -0.164. The van der Waals surface area contributed by atoms with Gasteiger partial charge in [-0.1, -0.05) is 25.4 Å². The summed E-state index contributed by atoms with van der Waals surface area (Å²) < 4.78 is 11.1. The van der Waals surface area contributed by atoms with Gasteiger partial charge in [-0.3, -0.25) is 4.79 Å². The molecule has 0 saturated heterocycles. The molecule has 4 nitrogen and oxygen atoms in total. The molecule has 1 heterocycles. The summed E-state index contributed by atoms with van der Waals surface area (Å²) in [4.78, 5) is 13.0. The van der Waals surface area contributed by atoms with Crippen molar-refractivity contribution in [2.45, 2.75) is 27.2 Å². The lowest BCUT2D eigenvalue weighted by Gasteiger charge is -2.18. The van der Waals surface area contributed by atoms with Crippen molar-refractivity contribution in [2.24, 2.45) is 5.92 Å². The molecule has 0 aromatic heterocycles. The lowest BCUT2D eigenvalue weighted by atomic mass is 10.1. The van der Waals surface area contributed by atoms with Crippen LogP contribution >= 0.6 is 23.4 Å². The van der Waals surface area contributed by atoms with E-state index in [0.29, 0.717) is 46.3 Å². The molecule has 0 atom stereocenters. The van der Waals surface area contributed by atoms with Crippen LogP contribution in [0.15, 0.2) is 28.9 Å². The quantitative estimate of drug-likeness (QED) is 0.803. The summed E-state index contributed by atoms with van der Waals surface area (Å²) >= 11 is 7.66. The van der Waals surface area contributed by atoms with E-state index in [1.54, 1.807) is 18.2 Å². The van der Waals surface area contributed by atoms with Gasteiger partial charge in [0, 0.05) is 17.5 Å². The van der Waals surface area contributed by atoms with E-state index in [0.717, 1.165) is 12.2 Å². The summed E-state index contributed by atoms with van der Waals surface area (Å²) in [5, 5.41) is 3.41. The second-order valence-corrected chi connectivity index (χ2v) is 7.22. The average Bonchev–Trinajstić information content (AvgIpc) is 2.50. The molecular weight excluding hydrogens is 334 g/mol. The zero-order valence-corrected chi connectivity index (χ0v) is 15.2. The second-order valence-electron chi connectivity index (χ2n) is 5.71. The fourth-order valence-electron chi connectivity index (χ4n) is 2.02. The first-order chi connectivity index (χ1) is 11.0. The standard InChI is InChI=1S/C17H22ClNO3S/c1-11(2)6-7-22-15-10-13(4-5-14(15)18)19-17(20)16-12(3)21-8-9-23-16/h4-5,10-11H,6-9H2,1-3H3,(H,19,20). The van der Waals surface area contributed by atoms with Gasteiger partial charge in [-0.25, -0.2) is 0 Å². The molecule has 0 aliphatic carbocycles. The van der Waals surface area contributed by atoms with E-state index >= 15 is 0 Å². The number of allylic oxidation sites excluding steroid dienone is 1. The number of ether oxygens (including phenoxy) is 2. The van der Waals surface area contributed by atoms with Crippen molar-refractivity contribution in [2.75, 3.05) is 24.3 Å². The van der Waals surface area contributed by atoms with Crippen LogP contribution in [0.4, 0.5) is 5.69 Å². The summed E-state index contributed by atoms with van der Waals surface area (Å²) in [6, 6.07) is 5.25. The first kappa shape index (κ1) is 18.0. The molecule has 0 spiro atoms. The van der Waals surface area contributed by atoms with Crippen LogP contribution in [0, 0.1) is 5.92 Å². The van der Waals surface area contributed by atoms with Crippen LogP contribution in [0.1, 0.15) is 27.2 Å². The summed E-state index contributed by atoms with van der Waals surface area (Å²) in [6.45, 7) is 7.33. The molecular formula is C17H22ClNO3S. The van der Waals surface area contributed by atoms with Crippen molar-refractivity contribution < 1.29 is 14.3 Å². The molecule has 1 N–H and O–H groups in total. The molecule has 23 heavy (non-hydrogen) atoms. The highest BCUT2D eigenvalue weighted by atomic mass is 35.5. The maximum absolute atomic E-state index is 12.3.